The van der Waals surface area contributed by atoms with E-state index in [0.29, 0.717) is 34.6 Å². The van der Waals surface area contributed by atoms with Crippen LogP contribution < -0.4 is 5.56 Å². The van der Waals surface area contributed by atoms with Crippen molar-refractivity contribution in [2.45, 2.75) is 17.5 Å². The highest BCUT2D eigenvalue weighted by atomic mass is 32.2. The highest BCUT2D eigenvalue weighted by Crippen LogP contribution is 2.26. The normalized spacial score (nSPS) is 11.2. The van der Waals surface area contributed by atoms with Crippen LogP contribution in [0.2, 0.25) is 0 Å². The summed E-state index contributed by atoms with van der Waals surface area (Å²) in [7, 11) is 0. The summed E-state index contributed by atoms with van der Waals surface area (Å²) < 4.78 is 6.91. The third kappa shape index (κ3) is 3.17. The van der Waals surface area contributed by atoms with Gasteiger partial charge in [0, 0.05) is 6.54 Å². The predicted molar refractivity (Wildman–Crippen MR) is 101 cm³/mol. The molecule has 4 rings (SSSR count). The van der Waals surface area contributed by atoms with Crippen molar-refractivity contribution in [1.82, 2.24) is 19.7 Å². The van der Waals surface area contributed by atoms with Gasteiger partial charge >= 0.3 is 0 Å². The van der Waals surface area contributed by atoms with E-state index < -0.39 is 0 Å². The third-order valence-corrected chi connectivity index (χ3v) is 6.03. The maximum absolute atomic E-state index is 12.6. The van der Waals surface area contributed by atoms with E-state index >= 15 is 0 Å². The Morgan fingerprint density at radius 1 is 1.28 bits per heavy atom. The summed E-state index contributed by atoms with van der Waals surface area (Å²) in [6.45, 7) is 4.13. The summed E-state index contributed by atoms with van der Waals surface area (Å²) in [5.41, 5.74) is -0.0546. The standard InChI is InChI=1S/C16H12N4O2S3/c1-2-6-20-15(21)10-5-8-24-14(10)18-16(20)25-9-12-17-13(22-19-12)11-4-3-7-23-11/h2-5,7-8H,1,6,9H2. The first-order valence-electron chi connectivity index (χ1n) is 7.34. The molecule has 4 aromatic rings. The largest absolute Gasteiger partial charge is 0.333 e. The van der Waals surface area contributed by atoms with Gasteiger partial charge in [-0.25, -0.2) is 4.98 Å². The molecule has 0 fully saturated rings. The number of nitrogens with zero attached hydrogens (tertiary/aromatic N) is 4. The summed E-state index contributed by atoms with van der Waals surface area (Å²) in [5.74, 6) is 1.55. The van der Waals surface area contributed by atoms with E-state index in [0.717, 1.165) is 9.71 Å². The maximum atomic E-state index is 12.6. The lowest BCUT2D eigenvalue weighted by Crippen LogP contribution is -2.22. The van der Waals surface area contributed by atoms with Crippen LogP contribution in [0.25, 0.3) is 21.0 Å². The van der Waals surface area contributed by atoms with E-state index in [-0.39, 0.29) is 5.56 Å². The second kappa shape index (κ2) is 6.95. The second-order valence-corrected chi connectivity index (χ2v) is 7.80. The lowest BCUT2D eigenvalue weighted by atomic mass is 10.4. The van der Waals surface area contributed by atoms with E-state index in [2.05, 4.69) is 21.7 Å². The van der Waals surface area contributed by atoms with E-state index in [1.807, 2.05) is 22.9 Å². The third-order valence-electron chi connectivity index (χ3n) is 3.39. The Morgan fingerprint density at radius 3 is 3.00 bits per heavy atom. The van der Waals surface area contributed by atoms with Gasteiger partial charge in [-0.05, 0) is 22.9 Å². The number of allylic oxidation sites excluding steroid dienone is 1. The Balaban J connectivity index is 1.61. The lowest BCUT2D eigenvalue weighted by Gasteiger charge is -2.08. The van der Waals surface area contributed by atoms with Crippen molar-refractivity contribution >= 4 is 44.7 Å². The fourth-order valence-corrected chi connectivity index (χ4v) is 4.57. The smallest absolute Gasteiger partial charge is 0.268 e. The minimum absolute atomic E-state index is 0.0546. The van der Waals surface area contributed by atoms with Crippen molar-refractivity contribution in [2.75, 3.05) is 0 Å². The highest BCUT2D eigenvalue weighted by Gasteiger charge is 2.14. The molecule has 0 aliphatic carbocycles. The Labute approximate surface area is 154 Å². The number of hydrogen-bond acceptors (Lipinski definition) is 8. The van der Waals surface area contributed by atoms with Crippen molar-refractivity contribution in [3.05, 3.63) is 57.8 Å². The zero-order chi connectivity index (χ0) is 17.2. The molecular formula is C16H12N4O2S3. The molecule has 0 aromatic carbocycles. The number of thioether (sulfide) groups is 1. The molecule has 0 bridgehead atoms. The molecule has 25 heavy (non-hydrogen) atoms. The molecule has 0 unspecified atom stereocenters. The first kappa shape index (κ1) is 16.2. The fraction of sp³-hybridized carbons (Fsp3) is 0.125. The minimum atomic E-state index is -0.0546. The van der Waals surface area contributed by atoms with Gasteiger partial charge in [0.1, 0.15) is 4.83 Å². The molecule has 0 amide bonds. The van der Waals surface area contributed by atoms with Crippen molar-refractivity contribution in [1.29, 1.82) is 0 Å². The van der Waals surface area contributed by atoms with Crippen molar-refractivity contribution in [3.8, 4) is 10.8 Å². The minimum Gasteiger partial charge on any atom is -0.333 e. The van der Waals surface area contributed by atoms with Crippen molar-refractivity contribution in [2.24, 2.45) is 0 Å². The molecule has 0 radical (unpaired) electrons. The summed E-state index contributed by atoms with van der Waals surface area (Å²) in [5, 5.41) is 9.10. The van der Waals surface area contributed by atoms with E-state index in [4.69, 9.17) is 4.52 Å². The second-order valence-electron chi connectivity index (χ2n) is 5.02. The average molecular weight is 388 g/mol. The molecule has 4 heterocycles. The van der Waals surface area contributed by atoms with Gasteiger partial charge in [0.05, 0.1) is 16.0 Å². The van der Waals surface area contributed by atoms with Crippen LogP contribution in [0.1, 0.15) is 5.82 Å². The van der Waals surface area contributed by atoms with Crippen molar-refractivity contribution in [3.63, 3.8) is 0 Å². The van der Waals surface area contributed by atoms with Gasteiger partial charge in [0.2, 0.25) is 0 Å². The van der Waals surface area contributed by atoms with Crippen molar-refractivity contribution < 1.29 is 4.52 Å². The Kier molecular flexibility index (Phi) is 4.51. The first-order chi connectivity index (χ1) is 12.3. The van der Waals surface area contributed by atoms with Gasteiger partial charge in [0.15, 0.2) is 11.0 Å². The number of aromatic nitrogens is 4. The first-order valence-corrected chi connectivity index (χ1v) is 10.1. The topological polar surface area (TPSA) is 73.8 Å². The fourth-order valence-electron chi connectivity index (χ4n) is 2.27. The number of fused-ring (bicyclic) bond motifs is 1. The maximum Gasteiger partial charge on any atom is 0.268 e. The Morgan fingerprint density at radius 2 is 2.20 bits per heavy atom. The van der Waals surface area contributed by atoms with E-state index in [1.54, 1.807) is 28.0 Å². The van der Waals surface area contributed by atoms with Crippen LogP contribution in [0, 0.1) is 0 Å². The molecule has 6 nitrogen and oxygen atoms in total. The Hall–Kier alpha value is -2.23. The Bertz CT molecular complexity index is 1080. The van der Waals surface area contributed by atoms with Crippen LogP contribution in [0.4, 0.5) is 0 Å². The molecule has 4 aromatic heterocycles. The molecule has 0 saturated heterocycles. The lowest BCUT2D eigenvalue weighted by molar-refractivity contribution is 0.426. The summed E-state index contributed by atoms with van der Waals surface area (Å²) in [4.78, 5) is 23.3. The van der Waals surface area contributed by atoms with Crippen LogP contribution >= 0.6 is 34.4 Å². The summed E-state index contributed by atoms with van der Waals surface area (Å²) >= 11 is 4.41. The van der Waals surface area contributed by atoms with Gasteiger partial charge in [-0.2, -0.15) is 4.98 Å². The molecule has 0 aliphatic heterocycles. The molecule has 0 spiro atoms. The van der Waals surface area contributed by atoms with Crippen LogP contribution in [0.3, 0.4) is 0 Å². The van der Waals surface area contributed by atoms with Gasteiger partial charge in [-0.15, -0.1) is 29.3 Å². The average Bonchev–Trinajstić information content (AvgIpc) is 3.36. The number of thiophene rings is 2. The van der Waals surface area contributed by atoms with Crippen LogP contribution in [0.5, 0.6) is 0 Å². The number of hydrogen-bond donors (Lipinski definition) is 0. The van der Waals surface area contributed by atoms with Gasteiger partial charge in [0.25, 0.3) is 11.4 Å². The highest BCUT2D eigenvalue weighted by molar-refractivity contribution is 7.98. The van der Waals surface area contributed by atoms with E-state index in [9.17, 15) is 4.79 Å². The van der Waals surface area contributed by atoms with Crippen LogP contribution in [0.15, 0.2) is 56.1 Å². The quantitative estimate of drug-likeness (QED) is 0.282. The zero-order valence-corrected chi connectivity index (χ0v) is 15.4. The van der Waals surface area contributed by atoms with Crippen LogP contribution in [-0.4, -0.2) is 19.7 Å². The van der Waals surface area contributed by atoms with Gasteiger partial charge < -0.3 is 4.52 Å². The molecule has 9 heteroatoms. The number of rotatable bonds is 6. The summed E-state index contributed by atoms with van der Waals surface area (Å²) in [6.07, 6.45) is 1.69. The zero-order valence-electron chi connectivity index (χ0n) is 12.9. The summed E-state index contributed by atoms with van der Waals surface area (Å²) in [6, 6.07) is 5.67. The molecule has 0 N–H and O–H groups in total. The predicted octanol–water partition coefficient (Wildman–Crippen LogP) is 4.05. The van der Waals surface area contributed by atoms with Gasteiger partial charge in [-0.1, -0.05) is 29.1 Å². The van der Waals surface area contributed by atoms with E-state index in [1.165, 1.54) is 23.1 Å². The monoisotopic (exact) mass is 388 g/mol. The van der Waals surface area contributed by atoms with Gasteiger partial charge in [-0.3, -0.25) is 9.36 Å². The SMILES string of the molecule is C=CCn1c(SCc2noc(-c3cccs3)n2)nc2sccc2c1=O. The van der Waals surface area contributed by atoms with Crippen LogP contribution in [-0.2, 0) is 12.3 Å². The molecule has 0 saturated carbocycles. The molecular weight excluding hydrogens is 376 g/mol. The molecule has 126 valence electrons. The molecule has 0 aliphatic rings. The molecule has 0 atom stereocenters.